The van der Waals surface area contributed by atoms with Crippen LogP contribution >= 0.6 is 11.7 Å². The molecule has 0 aliphatic carbocycles. The van der Waals surface area contributed by atoms with Crippen molar-refractivity contribution in [3.63, 3.8) is 0 Å². The number of pyridine rings is 1. The van der Waals surface area contributed by atoms with Gasteiger partial charge in [0, 0.05) is 23.5 Å². The second kappa shape index (κ2) is 5.54. The molecule has 0 spiro atoms. The van der Waals surface area contributed by atoms with Crippen molar-refractivity contribution in [2.45, 2.75) is 0 Å². The van der Waals surface area contributed by atoms with E-state index >= 15 is 0 Å². The van der Waals surface area contributed by atoms with Crippen molar-refractivity contribution in [1.29, 1.82) is 0 Å². The van der Waals surface area contributed by atoms with Crippen LogP contribution < -0.4 is 5.43 Å². The number of amides is 1. The van der Waals surface area contributed by atoms with Gasteiger partial charge in [-0.3, -0.25) is 9.78 Å². The highest BCUT2D eigenvalue weighted by Gasteiger charge is 2.04. The van der Waals surface area contributed by atoms with E-state index in [-0.39, 0.29) is 5.91 Å². The third-order valence-corrected chi connectivity index (χ3v) is 3.17. The SMILES string of the molecule is O=C(N/N=C\c1cccc2nsnc12)c1ccncc1. The summed E-state index contributed by atoms with van der Waals surface area (Å²) in [6.07, 6.45) is 4.67. The molecule has 0 fully saturated rings. The predicted molar refractivity (Wildman–Crippen MR) is 76.7 cm³/mol. The summed E-state index contributed by atoms with van der Waals surface area (Å²) in [5, 5.41) is 3.94. The minimum atomic E-state index is -0.285. The van der Waals surface area contributed by atoms with E-state index in [1.165, 1.54) is 0 Å². The maximum Gasteiger partial charge on any atom is 0.271 e. The first-order chi connectivity index (χ1) is 9.84. The van der Waals surface area contributed by atoms with E-state index in [0.717, 1.165) is 28.3 Å². The zero-order valence-corrected chi connectivity index (χ0v) is 11.0. The minimum Gasteiger partial charge on any atom is -0.267 e. The summed E-state index contributed by atoms with van der Waals surface area (Å²) >= 11 is 1.15. The van der Waals surface area contributed by atoms with Gasteiger partial charge in [0.1, 0.15) is 11.0 Å². The lowest BCUT2D eigenvalue weighted by Gasteiger charge is -1.98. The number of carbonyl (C=O) groups excluding carboxylic acids is 1. The fourth-order valence-corrected chi connectivity index (χ4v) is 2.22. The van der Waals surface area contributed by atoms with Crippen molar-refractivity contribution in [3.05, 3.63) is 53.9 Å². The fraction of sp³-hybridized carbons (Fsp3) is 0. The Labute approximate surface area is 118 Å². The molecule has 0 atom stereocenters. The average molecular weight is 283 g/mol. The first kappa shape index (κ1) is 12.4. The average Bonchev–Trinajstić information content (AvgIpc) is 2.97. The lowest BCUT2D eigenvalue weighted by atomic mass is 10.2. The zero-order chi connectivity index (χ0) is 13.8. The van der Waals surface area contributed by atoms with Crippen LogP contribution in [0.1, 0.15) is 15.9 Å². The highest BCUT2D eigenvalue weighted by molar-refractivity contribution is 7.00. The Hall–Kier alpha value is -2.67. The second-order valence-electron chi connectivity index (χ2n) is 3.91. The third kappa shape index (κ3) is 2.52. The highest BCUT2D eigenvalue weighted by atomic mass is 32.1. The molecule has 0 unspecified atom stereocenters. The predicted octanol–water partition coefficient (Wildman–Crippen LogP) is 1.85. The van der Waals surface area contributed by atoms with Gasteiger partial charge in [-0.1, -0.05) is 12.1 Å². The van der Waals surface area contributed by atoms with Crippen LogP contribution in [0.4, 0.5) is 0 Å². The van der Waals surface area contributed by atoms with Gasteiger partial charge >= 0.3 is 0 Å². The maximum absolute atomic E-state index is 11.8. The first-order valence-corrected chi connectivity index (χ1v) is 6.52. The van der Waals surface area contributed by atoms with Gasteiger partial charge in [0.05, 0.1) is 17.9 Å². The normalized spacial score (nSPS) is 11.0. The Morgan fingerprint density at radius 3 is 2.90 bits per heavy atom. The molecular weight excluding hydrogens is 274 g/mol. The van der Waals surface area contributed by atoms with Crippen molar-refractivity contribution in [3.8, 4) is 0 Å². The van der Waals surface area contributed by atoms with Crippen LogP contribution in [0.25, 0.3) is 11.0 Å². The molecule has 1 aromatic carbocycles. The number of benzene rings is 1. The van der Waals surface area contributed by atoms with Gasteiger partial charge in [0.25, 0.3) is 5.91 Å². The molecular formula is C13H9N5OS. The van der Waals surface area contributed by atoms with Crippen LogP contribution in [0.3, 0.4) is 0 Å². The molecule has 0 radical (unpaired) electrons. The molecule has 6 nitrogen and oxygen atoms in total. The summed E-state index contributed by atoms with van der Waals surface area (Å²) in [4.78, 5) is 15.6. The van der Waals surface area contributed by atoms with Gasteiger partial charge in [0.2, 0.25) is 0 Å². The van der Waals surface area contributed by atoms with Crippen LogP contribution in [0.15, 0.2) is 47.8 Å². The van der Waals surface area contributed by atoms with Gasteiger partial charge in [-0.2, -0.15) is 13.8 Å². The Morgan fingerprint density at radius 1 is 1.20 bits per heavy atom. The molecule has 98 valence electrons. The van der Waals surface area contributed by atoms with E-state index in [0.29, 0.717) is 5.56 Å². The second-order valence-corrected chi connectivity index (χ2v) is 4.44. The van der Waals surface area contributed by atoms with Gasteiger partial charge in [0.15, 0.2) is 0 Å². The van der Waals surface area contributed by atoms with E-state index in [4.69, 9.17) is 0 Å². The van der Waals surface area contributed by atoms with Gasteiger partial charge in [-0.25, -0.2) is 5.43 Å². The lowest BCUT2D eigenvalue weighted by molar-refractivity contribution is 0.0955. The topological polar surface area (TPSA) is 80.1 Å². The van der Waals surface area contributed by atoms with Gasteiger partial charge in [-0.05, 0) is 18.2 Å². The fourth-order valence-electron chi connectivity index (χ4n) is 1.66. The lowest BCUT2D eigenvalue weighted by Crippen LogP contribution is -2.17. The number of nitrogens with zero attached hydrogens (tertiary/aromatic N) is 4. The number of hydrogen-bond acceptors (Lipinski definition) is 6. The summed E-state index contributed by atoms with van der Waals surface area (Å²) in [5.41, 5.74) is 5.38. The molecule has 0 aliphatic heterocycles. The van der Waals surface area contributed by atoms with Crippen molar-refractivity contribution < 1.29 is 4.79 Å². The minimum absolute atomic E-state index is 0.285. The first-order valence-electron chi connectivity index (χ1n) is 5.79. The number of nitrogens with one attached hydrogen (secondary N) is 1. The molecule has 0 bridgehead atoms. The molecule has 2 heterocycles. The number of carbonyl (C=O) groups is 1. The Kier molecular flexibility index (Phi) is 3.42. The van der Waals surface area contributed by atoms with Gasteiger partial charge < -0.3 is 0 Å². The maximum atomic E-state index is 11.8. The van der Waals surface area contributed by atoms with Crippen molar-refractivity contribution >= 4 is 34.9 Å². The van der Waals surface area contributed by atoms with E-state index in [2.05, 4.69) is 24.3 Å². The molecule has 7 heteroatoms. The molecule has 0 aliphatic rings. The van der Waals surface area contributed by atoms with Crippen LogP contribution in [-0.2, 0) is 0 Å². The molecule has 3 aromatic rings. The molecule has 20 heavy (non-hydrogen) atoms. The summed E-state index contributed by atoms with van der Waals surface area (Å²) in [5.74, 6) is -0.285. The number of rotatable bonds is 3. The van der Waals surface area contributed by atoms with E-state index in [1.54, 1.807) is 30.7 Å². The quantitative estimate of drug-likeness (QED) is 0.587. The molecule has 1 N–H and O–H groups in total. The zero-order valence-electron chi connectivity index (χ0n) is 10.2. The summed E-state index contributed by atoms with van der Waals surface area (Å²) < 4.78 is 8.34. The van der Waals surface area contributed by atoms with Crippen LogP contribution in [0.2, 0.25) is 0 Å². The van der Waals surface area contributed by atoms with E-state index < -0.39 is 0 Å². The monoisotopic (exact) mass is 283 g/mol. The number of hydrazone groups is 1. The number of aromatic nitrogens is 3. The standard InChI is InChI=1S/C13H9N5OS/c19-13(9-4-6-14-7-5-9)16-15-8-10-2-1-3-11-12(10)18-20-17-11/h1-8H,(H,16,19)/b15-8-. The number of hydrogen-bond donors (Lipinski definition) is 1. The highest BCUT2D eigenvalue weighted by Crippen LogP contribution is 2.14. The Bertz CT molecular complexity index is 769. The Morgan fingerprint density at radius 2 is 2.05 bits per heavy atom. The van der Waals surface area contributed by atoms with Crippen molar-refractivity contribution in [1.82, 2.24) is 19.2 Å². The largest absolute Gasteiger partial charge is 0.271 e. The smallest absolute Gasteiger partial charge is 0.267 e. The van der Waals surface area contributed by atoms with Crippen LogP contribution in [0, 0.1) is 0 Å². The molecule has 0 saturated heterocycles. The third-order valence-electron chi connectivity index (χ3n) is 2.63. The molecule has 3 rings (SSSR count). The Balaban J connectivity index is 1.75. The van der Waals surface area contributed by atoms with Crippen molar-refractivity contribution in [2.24, 2.45) is 5.10 Å². The number of fused-ring (bicyclic) bond motifs is 1. The molecule has 1 amide bonds. The van der Waals surface area contributed by atoms with E-state index in [1.807, 2.05) is 18.2 Å². The summed E-state index contributed by atoms with van der Waals surface area (Å²) in [6, 6.07) is 8.86. The van der Waals surface area contributed by atoms with Gasteiger partial charge in [-0.15, -0.1) is 0 Å². The summed E-state index contributed by atoms with van der Waals surface area (Å²) in [6.45, 7) is 0. The molecule has 2 aromatic heterocycles. The van der Waals surface area contributed by atoms with Crippen LogP contribution in [-0.4, -0.2) is 25.9 Å². The van der Waals surface area contributed by atoms with Crippen molar-refractivity contribution in [2.75, 3.05) is 0 Å². The molecule has 0 saturated carbocycles. The van der Waals surface area contributed by atoms with E-state index in [9.17, 15) is 4.79 Å². The summed E-state index contributed by atoms with van der Waals surface area (Å²) in [7, 11) is 0. The van der Waals surface area contributed by atoms with Crippen LogP contribution in [0.5, 0.6) is 0 Å².